The third-order valence-electron chi connectivity index (χ3n) is 2.42. The van der Waals surface area contributed by atoms with Crippen LogP contribution in [0.25, 0.3) is 10.9 Å². The van der Waals surface area contributed by atoms with E-state index in [-0.39, 0.29) is 0 Å². The Hall–Kier alpha value is -1.39. The van der Waals surface area contributed by atoms with E-state index in [9.17, 15) is 0 Å². The maximum atomic E-state index is 5.92. The maximum Gasteiger partial charge on any atom is 0.137 e. The quantitative estimate of drug-likeness (QED) is 0.830. The Balaban J connectivity index is 2.16. The van der Waals surface area contributed by atoms with Gasteiger partial charge in [-0.1, -0.05) is 11.6 Å². The molecule has 0 bridgehead atoms. The van der Waals surface area contributed by atoms with Gasteiger partial charge < -0.3 is 10.1 Å². The van der Waals surface area contributed by atoms with Gasteiger partial charge in [0.2, 0.25) is 0 Å². The van der Waals surface area contributed by atoms with Gasteiger partial charge in [-0.15, -0.1) is 0 Å². The van der Waals surface area contributed by atoms with Crippen LogP contribution in [0.15, 0.2) is 24.5 Å². The molecule has 0 unspecified atom stereocenters. The molecule has 0 fully saturated rings. The van der Waals surface area contributed by atoms with Gasteiger partial charge in [0.05, 0.1) is 5.52 Å². The Kier molecular flexibility index (Phi) is 4.12. The Bertz CT molecular complexity index is 504. The normalized spacial score (nSPS) is 10.7. The van der Waals surface area contributed by atoms with Crippen molar-refractivity contribution in [3.63, 3.8) is 0 Å². The topological polar surface area (TPSA) is 47.0 Å². The molecular formula is C12H14ClN3O. The number of methoxy groups -OCH3 is 1. The van der Waals surface area contributed by atoms with Crippen LogP contribution in [0.4, 0.5) is 5.82 Å². The number of anilines is 1. The highest BCUT2D eigenvalue weighted by atomic mass is 35.5. The molecular weight excluding hydrogens is 238 g/mol. The molecule has 0 saturated heterocycles. The number of hydrogen-bond donors (Lipinski definition) is 1. The van der Waals surface area contributed by atoms with Crippen LogP contribution >= 0.6 is 11.6 Å². The van der Waals surface area contributed by atoms with Crippen LogP contribution in [0.5, 0.6) is 0 Å². The molecule has 2 rings (SSSR count). The third-order valence-corrected chi connectivity index (χ3v) is 2.65. The number of benzene rings is 1. The standard InChI is InChI=1S/C12H14ClN3O/c1-17-6-2-5-14-12-10-4-3-9(13)7-11(10)15-8-16-12/h3-4,7-8H,2,5-6H2,1H3,(H,14,15,16). The first kappa shape index (κ1) is 12.1. The minimum absolute atomic E-state index is 0.682. The van der Waals surface area contributed by atoms with Gasteiger partial charge in [-0.05, 0) is 24.6 Å². The van der Waals surface area contributed by atoms with Crippen LogP contribution in [0.3, 0.4) is 0 Å². The summed E-state index contributed by atoms with van der Waals surface area (Å²) >= 11 is 5.92. The van der Waals surface area contributed by atoms with Crippen molar-refractivity contribution in [2.75, 3.05) is 25.6 Å². The van der Waals surface area contributed by atoms with Gasteiger partial charge in [-0.25, -0.2) is 9.97 Å². The second-order valence-electron chi connectivity index (χ2n) is 3.66. The summed E-state index contributed by atoms with van der Waals surface area (Å²) in [6.07, 6.45) is 2.48. The molecule has 1 heterocycles. The van der Waals surface area contributed by atoms with Crippen molar-refractivity contribution in [2.45, 2.75) is 6.42 Å². The van der Waals surface area contributed by atoms with Gasteiger partial charge in [0, 0.05) is 30.7 Å². The lowest BCUT2D eigenvalue weighted by molar-refractivity contribution is 0.198. The van der Waals surface area contributed by atoms with E-state index in [0.29, 0.717) is 5.02 Å². The Morgan fingerprint density at radius 3 is 3.06 bits per heavy atom. The zero-order valence-electron chi connectivity index (χ0n) is 9.61. The fourth-order valence-corrected chi connectivity index (χ4v) is 1.76. The highest BCUT2D eigenvalue weighted by Crippen LogP contribution is 2.22. The number of hydrogen-bond acceptors (Lipinski definition) is 4. The van der Waals surface area contributed by atoms with Crippen molar-refractivity contribution in [3.8, 4) is 0 Å². The van der Waals surface area contributed by atoms with E-state index >= 15 is 0 Å². The number of fused-ring (bicyclic) bond motifs is 1. The lowest BCUT2D eigenvalue weighted by Gasteiger charge is -2.07. The van der Waals surface area contributed by atoms with Crippen molar-refractivity contribution < 1.29 is 4.74 Å². The first-order valence-electron chi connectivity index (χ1n) is 5.44. The Labute approximate surface area is 105 Å². The SMILES string of the molecule is COCCCNc1ncnc2cc(Cl)ccc12. The lowest BCUT2D eigenvalue weighted by Crippen LogP contribution is -2.06. The molecule has 0 amide bonds. The van der Waals surface area contributed by atoms with Gasteiger partial charge in [0.1, 0.15) is 12.1 Å². The van der Waals surface area contributed by atoms with Crippen LogP contribution in [0.1, 0.15) is 6.42 Å². The molecule has 0 aliphatic heterocycles. The van der Waals surface area contributed by atoms with Crippen LogP contribution in [-0.2, 0) is 4.74 Å². The largest absolute Gasteiger partial charge is 0.385 e. The first-order chi connectivity index (χ1) is 8.31. The van der Waals surface area contributed by atoms with E-state index in [1.54, 1.807) is 7.11 Å². The Morgan fingerprint density at radius 1 is 1.35 bits per heavy atom. The third kappa shape index (κ3) is 3.05. The van der Waals surface area contributed by atoms with Crippen molar-refractivity contribution in [2.24, 2.45) is 0 Å². The van der Waals surface area contributed by atoms with E-state index in [1.165, 1.54) is 6.33 Å². The highest BCUT2D eigenvalue weighted by Gasteiger charge is 2.03. The fourth-order valence-electron chi connectivity index (χ4n) is 1.59. The summed E-state index contributed by atoms with van der Waals surface area (Å²) in [5.74, 6) is 0.836. The van der Waals surface area contributed by atoms with E-state index < -0.39 is 0 Å². The molecule has 4 nitrogen and oxygen atoms in total. The summed E-state index contributed by atoms with van der Waals surface area (Å²) in [6.45, 7) is 1.56. The molecule has 1 aromatic carbocycles. The molecule has 5 heteroatoms. The van der Waals surface area contributed by atoms with Gasteiger partial charge >= 0.3 is 0 Å². The molecule has 0 spiro atoms. The van der Waals surface area contributed by atoms with E-state index in [1.807, 2.05) is 18.2 Å². The van der Waals surface area contributed by atoms with E-state index in [4.69, 9.17) is 16.3 Å². The number of nitrogens with zero attached hydrogens (tertiary/aromatic N) is 2. The maximum absolute atomic E-state index is 5.92. The average Bonchev–Trinajstić information content (AvgIpc) is 2.34. The van der Waals surface area contributed by atoms with Crippen LogP contribution < -0.4 is 5.32 Å². The minimum atomic E-state index is 0.682. The van der Waals surface area contributed by atoms with Crippen LogP contribution in [-0.4, -0.2) is 30.2 Å². The Morgan fingerprint density at radius 2 is 2.24 bits per heavy atom. The molecule has 2 aromatic rings. The van der Waals surface area contributed by atoms with Crippen LogP contribution in [0.2, 0.25) is 5.02 Å². The number of halogens is 1. The minimum Gasteiger partial charge on any atom is -0.385 e. The summed E-state index contributed by atoms with van der Waals surface area (Å²) < 4.78 is 4.99. The highest BCUT2D eigenvalue weighted by molar-refractivity contribution is 6.31. The lowest BCUT2D eigenvalue weighted by atomic mass is 10.2. The van der Waals surface area contributed by atoms with E-state index in [2.05, 4.69) is 15.3 Å². The first-order valence-corrected chi connectivity index (χ1v) is 5.82. The van der Waals surface area contributed by atoms with Gasteiger partial charge in [0.25, 0.3) is 0 Å². The molecule has 17 heavy (non-hydrogen) atoms. The number of rotatable bonds is 5. The molecule has 1 aromatic heterocycles. The zero-order chi connectivity index (χ0) is 12.1. The average molecular weight is 252 g/mol. The number of nitrogens with one attached hydrogen (secondary N) is 1. The summed E-state index contributed by atoms with van der Waals surface area (Å²) in [6, 6.07) is 5.60. The summed E-state index contributed by atoms with van der Waals surface area (Å²) in [7, 11) is 1.70. The van der Waals surface area contributed by atoms with E-state index in [0.717, 1.165) is 36.3 Å². The number of ether oxygens (including phenoxy) is 1. The monoisotopic (exact) mass is 251 g/mol. The molecule has 0 radical (unpaired) electrons. The number of aromatic nitrogens is 2. The van der Waals surface area contributed by atoms with Crippen molar-refractivity contribution in [1.29, 1.82) is 0 Å². The predicted molar refractivity (Wildman–Crippen MR) is 69.5 cm³/mol. The van der Waals surface area contributed by atoms with Gasteiger partial charge in [-0.3, -0.25) is 0 Å². The molecule has 0 aliphatic rings. The summed E-state index contributed by atoms with van der Waals surface area (Å²) in [5.41, 5.74) is 0.849. The molecule has 90 valence electrons. The van der Waals surface area contributed by atoms with Gasteiger partial charge in [0.15, 0.2) is 0 Å². The predicted octanol–water partition coefficient (Wildman–Crippen LogP) is 2.73. The van der Waals surface area contributed by atoms with Crippen molar-refractivity contribution in [3.05, 3.63) is 29.5 Å². The molecule has 1 N–H and O–H groups in total. The summed E-state index contributed by atoms with van der Waals surface area (Å²) in [5, 5.41) is 4.93. The fraction of sp³-hybridized carbons (Fsp3) is 0.333. The molecule has 0 aliphatic carbocycles. The van der Waals surface area contributed by atoms with Crippen molar-refractivity contribution in [1.82, 2.24) is 9.97 Å². The smallest absolute Gasteiger partial charge is 0.137 e. The molecule has 0 atom stereocenters. The van der Waals surface area contributed by atoms with Crippen molar-refractivity contribution >= 4 is 28.3 Å². The second kappa shape index (κ2) is 5.80. The van der Waals surface area contributed by atoms with Crippen LogP contribution in [0, 0.1) is 0 Å². The summed E-state index contributed by atoms with van der Waals surface area (Å²) in [4.78, 5) is 8.41. The second-order valence-corrected chi connectivity index (χ2v) is 4.09. The van der Waals surface area contributed by atoms with Gasteiger partial charge in [-0.2, -0.15) is 0 Å². The molecule has 0 saturated carbocycles. The zero-order valence-corrected chi connectivity index (χ0v) is 10.4.